The number of nitrogens with two attached hydrogens (primary N) is 1. The van der Waals surface area contributed by atoms with Crippen molar-refractivity contribution >= 4 is 20.9 Å². The molecule has 82 valence electrons. The molecule has 2 atom stereocenters. The van der Waals surface area contributed by atoms with Crippen LogP contribution < -0.4 is 5.73 Å². The zero-order valence-corrected chi connectivity index (χ0v) is 10.3. The number of carboxylic acid groups (broad SMARTS) is 1. The molecule has 1 aromatic rings. The molecule has 0 aliphatic heterocycles. The van der Waals surface area contributed by atoms with Gasteiger partial charge in [-0.25, -0.2) is 0 Å². The molecule has 0 aliphatic rings. The van der Waals surface area contributed by atoms with Crippen molar-refractivity contribution in [3.8, 4) is 0 Å². The second kappa shape index (κ2) is 5.91. The van der Waals surface area contributed by atoms with Gasteiger partial charge in [-0.15, -0.1) is 0 Å². The molecule has 15 heavy (non-hydrogen) atoms. The van der Waals surface area contributed by atoms with E-state index in [-0.39, 0.29) is 15.0 Å². The molecule has 0 bridgehead atoms. The van der Waals surface area contributed by atoms with Crippen molar-refractivity contribution in [3.63, 3.8) is 0 Å². The Kier molecular flexibility index (Phi) is 4.82. The van der Waals surface area contributed by atoms with Gasteiger partial charge in [0.2, 0.25) is 0 Å². The van der Waals surface area contributed by atoms with Gasteiger partial charge in [-0.05, 0) is 0 Å². The first-order chi connectivity index (χ1) is 7.11. The summed E-state index contributed by atoms with van der Waals surface area (Å²) in [6, 6.07) is 9.40. The van der Waals surface area contributed by atoms with Crippen molar-refractivity contribution in [3.05, 3.63) is 35.9 Å². The first-order valence-corrected chi connectivity index (χ1v) is 6.96. The third-order valence-corrected chi connectivity index (χ3v) is 4.89. The summed E-state index contributed by atoms with van der Waals surface area (Å²) in [5, 5.41) is 9.23. The van der Waals surface area contributed by atoms with Crippen LogP contribution in [-0.4, -0.2) is 32.1 Å². The van der Waals surface area contributed by atoms with Gasteiger partial charge in [0.1, 0.15) is 0 Å². The van der Waals surface area contributed by atoms with Crippen molar-refractivity contribution < 1.29 is 9.90 Å². The van der Waals surface area contributed by atoms with Gasteiger partial charge in [0.05, 0.1) is 0 Å². The van der Waals surface area contributed by atoms with Crippen LogP contribution in [-0.2, 0) is 4.79 Å². The summed E-state index contributed by atoms with van der Waals surface area (Å²) in [5.41, 5.74) is 6.72. The van der Waals surface area contributed by atoms with Crippen LogP contribution in [0.2, 0.25) is 5.32 Å². The van der Waals surface area contributed by atoms with Crippen LogP contribution >= 0.6 is 0 Å². The van der Waals surface area contributed by atoms with Gasteiger partial charge in [-0.2, -0.15) is 0 Å². The summed E-state index contributed by atoms with van der Waals surface area (Å²) < 4.78 is 0. The average Bonchev–Trinajstić information content (AvgIpc) is 2.26. The second-order valence-electron chi connectivity index (χ2n) is 3.33. The Labute approximate surface area is 95.8 Å². The molecule has 0 aromatic heterocycles. The van der Waals surface area contributed by atoms with Crippen molar-refractivity contribution in [2.24, 2.45) is 5.73 Å². The van der Waals surface area contributed by atoms with Crippen molar-refractivity contribution in [1.82, 2.24) is 0 Å². The van der Waals surface area contributed by atoms with Crippen molar-refractivity contribution in [2.45, 2.75) is 23.1 Å². The minimum atomic E-state index is -0.905. The molecule has 0 fully saturated rings. The summed E-state index contributed by atoms with van der Waals surface area (Å²) in [4.78, 5) is 11.0. The van der Waals surface area contributed by atoms with E-state index in [9.17, 15) is 4.79 Å². The van der Waals surface area contributed by atoms with Crippen LogP contribution in [0.15, 0.2) is 30.3 Å². The molecular formula is C11H15NO2Se. The summed E-state index contributed by atoms with van der Waals surface area (Å²) in [6.45, 7) is 2.11. The van der Waals surface area contributed by atoms with E-state index in [0.717, 1.165) is 0 Å². The van der Waals surface area contributed by atoms with E-state index in [1.165, 1.54) is 5.56 Å². The Morgan fingerprint density at radius 2 is 2.07 bits per heavy atom. The van der Waals surface area contributed by atoms with Crippen LogP contribution in [0.25, 0.3) is 0 Å². The van der Waals surface area contributed by atoms with E-state index in [0.29, 0.717) is 10.1 Å². The molecule has 3 N–H and O–H groups in total. The number of carbonyl (C=O) groups is 1. The van der Waals surface area contributed by atoms with Gasteiger partial charge in [-0.3, -0.25) is 0 Å². The maximum atomic E-state index is 10.5. The third kappa shape index (κ3) is 4.04. The molecular weight excluding hydrogens is 257 g/mol. The predicted molar refractivity (Wildman–Crippen MR) is 61.0 cm³/mol. The monoisotopic (exact) mass is 273 g/mol. The van der Waals surface area contributed by atoms with E-state index >= 15 is 0 Å². The van der Waals surface area contributed by atoms with Gasteiger partial charge in [0.15, 0.2) is 0 Å². The average molecular weight is 272 g/mol. The molecule has 0 aliphatic carbocycles. The Balaban J connectivity index is 2.43. The SMILES string of the molecule is CC([Se]C[C@H](N)C(=O)O)c1ccccc1. The van der Waals surface area contributed by atoms with Gasteiger partial charge < -0.3 is 0 Å². The zero-order valence-electron chi connectivity index (χ0n) is 8.59. The number of aliphatic carboxylic acids is 1. The predicted octanol–water partition coefficient (Wildman–Crippen LogP) is 1.28. The van der Waals surface area contributed by atoms with E-state index in [1.807, 2.05) is 18.2 Å². The van der Waals surface area contributed by atoms with Crippen LogP contribution in [0.4, 0.5) is 0 Å². The van der Waals surface area contributed by atoms with E-state index in [2.05, 4.69) is 19.1 Å². The molecule has 0 amide bonds. The van der Waals surface area contributed by atoms with Gasteiger partial charge in [-0.1, -0.05) is 0 Å². The molecule has 1 unspecified atom stereocenters. The Hall–Kier alpha value is -0.831. The molecule has 0 saturated carbocycles. The molecule has 0 saturated heterocycles. The molecule has 0 heterocycles. The van der Waals surface area contributed by atoms with E-state index < -0.39 is 12.0 Å². The first-order valence-electron chi connectivity index (χ1n) is 4.76. The van der Waals surface area contributed by atoms with E-state index in [4.69, 9.17) is 10.8 Å². The zero-order chi connectivity index (χ0) is 11.3. The standard InChI is InChI=1S/C11H15NO2Se/c1-8(9-5-3-2-4-6-9)15-7-10(12)11(13)14/h2-6,8,10H,7,12H2,1H3,(H,13,14)/t8?,10-/m0/s1. The summed E-state index contributed by atoms with van der Waals surface area (Å²) >= 11 is 0.235. The van der Waals surface area contributed by atoms with Crippen LogP contribution in [0.1, 0.15) is 17.3 Å². The van der Waals surface area contributed by atoms with Crippen molar-refractivity contribution in [1.29, 1.82) is 0 Å². The number of benzene rings is 1. The number of hydrogen-bond donors (Lipinski definition) is 2. The third-order valence-electron chi connectivity index (χ3n) is 2.11. The molecule has 0 radical (unpaired) electrons. The summed E-state index contributed by atoms with van der Waals surface area (Å²) in [5.74, 6) is -0.905. The van der Waals surface area contributed by atoms with Gasteiger partial charge in [0.25, 0.3) is 0 Å². The summed E-state index contributed by atoms with van der Waals surface area (Å²) in [7, 11) is 0. The second-order valence-corrected chi connectivity index (χ2v) is 6.21. The van der Waals surface area contributed by atoms with Gasteiger partial charge in [0, 0.05) is 0 Å². The molecule has 0 spiro atoms. The van der Waals surface area contributed by atoms with Crippen LogP contribution in [0.5, 0.6) is 0 Å². The molecule has 4 heteroatoms. The fourth-order valence-corrected chi connectivity index (χ4v) is 3.21. The number of carboxylic acids is 1. The first kappa shape index (κ1) is 12.2. The molecule has 3 nitrogen and oxygen atoms in total. The Bertz CT molecular complexity index is 316. The topological polar surface area (TPSA) is 63.3 Å². The Morgan fingerprint density at radius 1 is 1.47 bits per heavy atom. The van der Waals surface area contributed by atoms with Crippen LogP contribution in [0.3, 0.4) is 0 Å². The fourth-order valence-electron chi connectivity index (χ4n) is 1.14. The van der Waals surface area contributed by atoms with Crippen LogP contribution in [0, 0.1) is 0 Å². The van der Waals surface area contributed by atoms with Gasteiger partial charge >= 0.3 is 95.6 Å². The normalized spacial score (nSPS) is 14.5. The van der Waals surface area contributed by atoms with Crippen molar-refractivity contribution in [2.75, 3.05) is 0 Å². The summed E-state index contributed by atoms with van der Waals surface area (Å²) in [6.07, 6.45) is 0. The molecule has 1 rings (SSSR count). The number of rotatable bonds is 5. The number of hydrogen-bond acceptors (Lipinski definition) is 2. The Morgan fingerprint density at radius 3 is 2.60 bits per heavy atom. The van der Waals surface area contributed by atoms with E-state index in [1.54, 1.807) is 0 Å². The fraction of sp³-hybridized carbons (Fsp3) is 0.364. The minimum absolute atomic E-state index is 0.235. The quantitative estimate of drug-likeness (QED) is 0.794. The maximum absolute atomic E-state index is 10.5. The molecule has 1 aromatic carbocycles.